The van der Waals surface area contributed by atoms with Crippen molar-refractivity contribution in [2.45, 2.75) is 26.2 Å². The van der Waals surface area contributed by atoms with Crippen molar-refractivity contribution in [1.82, 2.24) is 9.97 Å². The summed E-state index contributed by atoms with van der Waals surface area (Å²) in [7, 11) is 1.98. The maximum atomic E-state index is 12.6. The molecule has 5 heteroatoms. The predicted octanol–water partition coefficient (Wildman–Crippen LogP) is 4.53. The number of likely N-dealkylation sites (N-methyl/N-ethyl adjacent to an activating group) is 1. The predicted molar refractivity (Wildman–Crippen MR) is 114 cm³/mol. The van der Waals surface area contributed by atoms with Gasteiger partial charge in [-0.2, -0.15) is 0 Å². The van der Waals surface area contributed by atoms with E-state index in [2.05, 4.69) is 34.0 Å². The molecule has 1 N–H and O–H groups in total. The third-order valence-corrected chi connectivity index (χ3v) is 4.72. The van der Waals surface area contributed by atoms with Crippen molar-refractivity contribution in [1.29, 1.82) is 0 Å². The summed E-state index contributed by atoms with van der Waals surface area (Å²) in [6.07, 6.45) is 6.16. The molecule has 0 unspecified atom stereocenters. The number of pyridine rings is 2. The second-order valence-electron chi connectivity index (χ2n) is 7.16. The lowest BCUT2D eigenvalue weighted by molar-refractivity contribution is 0.102. The van der Waals surface area contributed by atoms with Gasteiger partial charge in [0, 0.05) is 43.4 Å². The summed E-state index contributed by atoms with van der Waals surface area (Å²) in [4.78, 5) is 23.1. The summed E-state index contributed by atoms with van der Waals surface area (Å²) in [6.45, 7) is 5.10. The Labute approximate surface area is 166 Å². The fourth-order valence-corrected chi connectivity index (χ4v) is 2.88. The fourth-order valence-electron chi connectivity index (χ4n) is 2.88. The van der Waals surface area contributed by atoms with Gasteiger partial charge in [-0.25, -0.2) is 4.98 Å². The number of hydrogen-bond acceptors (Lipinski definition) is 4. The Hall–Kier alpha value is -3.21. The van der Waals surface area contributed by atoms with Crippen LogP contribution in [0, 0.1) is 0 Å². The maximum absolute atomic E-state index is 12.6. The maximum Gasteiger partial charge on any atom is 0.255 e. The highest BCUT2D eigenvalue weighted by Gasteiger charge is 2.10. The molecule has 0 aliphatic rings. The SMILES string of the molecule is CC(C)c1ccc(NC(=O)c2ccnc(N(C)CCc3ccncc3)c2)cc1. The van der Waals surface area contributed by atoms with Gasteiger partial charge in [-0.05, 0) is 59.9 Å². The molecule has 2 heterocycles. The highest BCUT2D eigenvalue weighted by molar-refractivity contribution is 6.04. The van der Waals surface area contributed by atoms with E-state index in [0.29, 0.717) is 11.5 Å². The molecule has 144 valence electrons. The second kappa shape index (κ2) is 9.13. The zero-order valence-corrected chi connectivity index (χ0v) is 16.6. The molecule has 3 rings (SSSR count). The van der Waals surface area contributed by atoms with Crippen molar-refractivity contribution < 1.29 is 4.79 Å². The molecule has 2 aromatic heterocycles. The normalized spacial score (nSPS) is 10.7. The molecule has 0 aliphatic carbocycles. The van der Waals surface area contributed by atoms with Gasteiger partial charge in [-0.15, -0.1) is 0 Å². The fraction of sp³-hybridized carbons (Fsp3) is 0.261. The smallest absolute Gasteiger partial charge is 0.255 e. The summed E-state index contributed by atoms with van der Waals surface area (Å²) < 4.78 is 0. The lowest BCUT2D eigenvalue weighted by Crippen LogP contribution is -2.22. The second-order valence-corrected chi connectivity index (χ2v) is 7.16. The Morgan fingerprint density at radius 2 is 1.75 bits per heavy atom. The van der Waals surface area contributed by atoms with Crippen LogP contribution in [0.3, 0.4) is 0 Å². The molecule has 0 atom stereocenters. The van der Waals surface area contributed by atoms with Crippen LogP contribution in [0.5, 0.6) is 0 Å². The third kappa shape index (κ3) is 5.16. The van der Waals surface area contributed by atoms with Crippen molar-refractivity contribution in [3.05, 3.63) is 83.8 Å². The Kier molecular flexibility index (Phi) is 6.37. The van der Waals surface area contributed by atoms with E-state index >= 15 is 0 Å². The van der Waals surface area contributed by atoms with Crippen molar-refractivity contribution >= 4 is 17.4 Å². The van der Waals surface area contributed by atoms with Crippen LogP contribution in [0.2, 0.25) is 0 Å². The summed E-state index contributed by atoms with van der Waals surface area (Å²) >= 11 is 0. The molecular formula is C23H26N4O. The number of hydrogen-bond donors (Lipinski definition) is 1. The van der Waals surface area contributed by atoms with Crippen molar-refractivity contribution in [3.63, 3.8) is 0 Å². The molecule has 1 aromatic carbocycles. The van der Waals surface area contributed by atoms with Crippen LogP contribution in [0.1, 0.15) is 41.3 Å². The Bertz CT molecular complexity index is 907. The quantitative estimate of drug-likeness (QED) is 0.660. The highest BCUT2D eigenvalue weighted by atomic mass is 16.1. The number of carbonyl (C=O) groups is 1. The molecule has 0 aliphatic heterocycles. The number of amides is 1. The van der Waals surface area contributed by atoms with E-state index in [4.69, 9.17) is 0 Å². The molecule has 0 spiro atoms. The topological polar surface area (TPSA) is 58.1 Å². The number of nitrogens with one attached hydrogen (secondary N) is 1. The van der Waals surface area contributed by atoms with Crippen LogP contribution in [-0.4, -0.2) is 29.5 Å². The van der Waals surface area contributed by atoms with Crippen molar-refractivity contribution in [2.24, 2.45) is 0 Å². The molecule has 0 radical (unpaired) electrons. The number of benzene rings is 1. The number of aromatic nitrogens is 2. The lowest BCUT2D eigenvalue weighted by Gasteiger charge is -2.18. The van der Waals surface area contributed by atoms with Gasteiger partial charge in [0.2, 0.25) is 0 Å². The van der Waals surface area contributed by atoms with E-state index in [1.165, 1.54) is 11.1 Å². The Balaban J connectivity index is 1.63. The molecule has 0 fully saturated rings. The first kappa shape index (κ1) is 19.5. The van der Waals surface area contributed by atoms with E-state index in [0.717, 1.165) is 24.5 Å². The molecule has 0 saturated carbocycles. The number of nitrogens with zero attached hydrogens (tertiary/aromatic N) is 3. The van der Waals surface area contributed by atoms with E-state index in [1.807, 2.05) is 49.5 Å². The summed E-state index contributed by atoms with van der Waals surface area (Å²) in [5.41, 5.74) is 3.85. The summed E-state index contributed by atoms with van der Waals surface area (Å²) in [5.74, 6) is 1.11. The number of rotatable bonds is 7. The molecular weight excluding hydrogens is 348 g/mol. The first-order valence-corrected chi connectivity index (χ1v) is 9.50. The first-order chi connectivity index (χ1) is 13.5. The van der Waals surface area contributed by atoms with Gasteiger partial charge in [-0.1, -0.05) is 26.0 Å². The minimum Gasteiger partial charge on any atom is -0.359 e. The van der Waals surface area contributed by atoms with Gasteiger partial charge in [-0.3, -0.25) is 9.78 Å². The molecule has 28 heavy (non-hydrogen) atoms. The number of anilines is 2. The molecule has 0 bridgehead atoms. The van der Waals surface area contributed by atoms with Crippen LogP contribution in [-0.2, 0) is 6.42 Å². The van der Waals surface area contributed by atoms with Gasteiger partial charge >= 0.3 is 0 Å². The zero-order valence-electron chi connectivity index (χ0n) is 16.6. The van der Waals surface area contributed by atoms with Crippen LogP contribution in [0.25, 0.3) is 0 Å². The Morgan fingerprint density at radius 1 is 1.04 bits per heavy atom. The minimum absolute atomic E-state index is 0.136. The molecule has 1 amide bonds. The van der Waals surface area contributed by atoms with Gasteiger partial charge in [0.25, 0.3) is 5.91 Å². The van der Waals surface area contributed by atoms with Crippen LogP contribution in [0.4, 0.5) is 11.5 Å². The minimum atomic E-state index is -0.136. The lowest BCUT2D eigenvalue weighted by atomic mass is 10.0. The van der Waals surface area contributed by atoms with Gasteiger partial charge in [0.15, 0.2) is 0 Å². The molecule has 0 saturated heterocycles. The third-order valence-electron chi connectivity index (χ3n) is 4.72. The standard InChI is InChI=1S/C23H26N4O/c1-17(2)19-4-6-21(7-5-19)26-23(28)20-10-14-25-22(16-20)27(3)15-11-18-8-12-24-13-9-18/h4-10,12-14,16-17H,11,15H2,1-3H3,(H,26,28). The monoisotopic (exact) mass is 374 g/mol. The van der Waals surface area contributed by atoms with E-state index in [1.54, 1.807) is 24.7 Å². The van der Waals surface area contributed by atoms with Crippen molar-refractivity contribution in [3.8, 4) is 0 Å². The average molecular weight is 374 g/mol. The zero-order chi connectivity index (χ0) is 19.9. The van der Waals surface area contributed by atoms with Gasteiger partial charge < -0.3 is 10.2 Å². The van der Waals surface area contributed by atoms with E-state index in [-0.39, 0.29) is 5.91 Å². The van der Waals surface area contributed by atoms with Gasteiger partial charge in [0.05, 0.1) is 0 Å². The largest absolute Gasteiger partial charge is 0.359 e. The summed E-state index contributed by atoms with van der Waals surface area (Å²) in [5, 5.41) is 2.96. The highest BCUT2D eigenvalue weighted by Crippen LogP contribution is 2.18. The van der Waals surface area contributed by atoms with Gasteiger partial charge in [0.1, 0.15) is 5.82 Å². The first-order valence-electron chi connectivity index (χ1n) is 9.50. The van der Waals surface area contributed by atoms with E-state index < -0.39 is 0 Å². The molecule has 5 nitrogen and oxygen atoms in total. The van der Waals surface area contributed by atoms with Crippen LogP contribution >= 0.6 is 0 Å². The summed E-state index contributed by atoms with van der Waals surface area (Å²) in [6, 6.07) is 15.6. The average Bonchev–Trinajstić information content (AvgIpc) is 2.73. The number of carbonyl (C=O) groups excluding carboxylic acids is 1. The molecule has 3 aromatic rings. The van der Waals surface area contributed by atoms with Crippen molar-refractivity contribution in [2.75, 3.05) is 23.8 Å². The Morgan fingerprint density at radius 3 is 2.43 bits per heavy atom. The van der Waals surface area contributed by atoms with Crippen LogP contribution < -0.4 is 10.2 Å². The van der Waals surface area contributed by atoms with E-state index in [9.17, 15) is 4.79 Å². The van der Waals surface area contributed by atoms with Crippen LogP contribution in [0.15, 0.2) is 67.1 Å².